The number of benzene rings is 2. The third-order valence-corrected chi connectivity index (χ3v) is 5.44. The largest absolute Gasteiger partial charge is 0.455 e. The van der Waals surface area contributed by atoms with Crippen molar-refractivity contribution in [2.24, 2.45) is 5.92 Å². The molecule has 2 aromatic rings. The molecule has 0 bridgehead atoms. The number of carbonyl (C=O) groups is 3. The Balaban J connectivity index is 1.57. The van der Waals surface area contributed by atoms with Crippen LogP contribution in [0.25, 0.3) is 0 Å². The molecule has 1 aliphatic rings. The lowest BCUT2D eigenvalue weighted by atomic mass is 10.1. The van der Waals surface area contributed by atoms with E-state index in [0.717, 1.165) is 11.1 Å². The van der Waals surface area contributed by atoms with Gasteiger partial charge in [0.25, 0.3) is 5.91 Å². The van der Waals surface area contributed by atoms with Crippen LogP contribution in [0.1, 0.15) is 17.5 Å². The molecule has 0 radical (unpaired) electrons. The first kappa shape index (κ1) is 21.1. The number of nitrogens with one attached hydrogen (secondary N) is 1. The highest BCUT2D eigenvalue weighted by Crippen LogP contribution is 2.33. The first-order valence-corrected chi connectivity index (χ1v) is 9.80. The summed E-state index contributed by atoms with van der Waals surface area (Å²) in [5, 5.41) is 3.53. The molecule has 2 amide bonds. The molecule has 1 heterocycles. The standard InChI is InChI=1S/C21H20Cl2N2O4/c1-12-4-3-5-17(13(12)2)24-19(26)11-29-21(28)14-8-20(27)25(10-14)18-9-15(22)6-7-16(18)23/h3-7,9,14H,8,10-11H2,1-2H3,(H,24,26)/t14-/m1/s1. The van der Waals surface area contributed by atoms with Gasteiger partial charge in [-0.3, -0.25) is 14.4 Å². The van der Waals surface area contributed by atoms with E-state index in [1.807, 2.05) is 26.0 Å². The SMILES string of the molecule is Cc1cccc(NC(=O)COC(=O)[C@@H]2CC(=O)N(c3cc(Cl)ccc3Cl)C2)c1C. The molecule has 0 spiro atoms. The lowest BCUT2D eigenvalue weighted by molar-refractivity contribution is -0.151. The fourth-order valence-corrected chi connectivity index (χ4v) is 3.50. The number of amides is 2. The Labute approximate surface area is 178 Å². The topological polar surface area (TPSA) is 75.7 Å². The van der Waals surface area contributed by atoms with Crippen molar-refractivity contribution in [2.45, 2.75) is 20.3 Å². The Morgan fingerprint density at radius 1 is 1.21 bits per heavy atom. The summed E-state index contributed by atoms with van der Waals surface area (Å²) in [6.07, 6.45) is -0.0136. The van der Waals surface area contributed by atoms with Crippen molar-refractivity contribution in [3.63, 3.8) is 0 Å². The van der Waals surface area contributed by atoms with E-state index in [4.69, 9.17) is 27.9 Å². The van der Waals surface area contributed by atoms with Crippen LogP contribution in [0.2, 0.25) is 10.0 Å². The van der Waals surface area contributed by atoms with Gasteiger partial charge in [-0.15, -0.1) is 0 Å². The minimum atomic E-state index is -0.675. The lowest BCUT2D eigenvalue weighted by Gasteiger charge is -2.18. The van der Waals surface area contributed by atoms with E-state index in [9.17, 15) is 14.4 Å². The molecule has 1 saturated heterocycles. The monoisotopic (exact) mass is 434 g/mol. The number of rotatable bonds is 5. The maximum atomic E-state index is 12.4. The van der Waals surface area contributed by atoms with Crippen LogP contribution in [-0.4, -0.2) is 30.9 Å². The van der Waals surface area contributed by atoms with Crippen molar-refractivity contribution >= 4 is 52.4 Å². The van der Waals surface area contributed by atoms with Crippen LogP contribution in [0.15, 0.2) is 36.4 Å². The molecule has 0 aliphatic carbocycles. The molecule has 1 aliphatic heterocycles. The van der Waals surface area contributed by atoms with Crippen LogP contribution in [0.3, 0.4) is 0 Å². The summed E-state index contributed by atoms with van der Waals surface area (Å²) < 4.78 is 5.13. The summed E-state index contributed by atoms with van der Waals surface area (Å²) >= 11 is 12.1. The van der Waals surface area contributed by atoms with E-state index in [1.54, 1.807) is 24.3 Å². The summed E-state index contributed by atoms with van der Waals surface area (Å²) in [7, 11) is 0. The molecule has 8 heteroatoms. The van der Waals surface area contributed by atoms with Crippen molar-refractivity contribution in [3.8, 4) is 0 Å². The Kier molecular flexibility index (Phi) is 6.45. The third-order valence-electron chi connectivity index (χ3n) is 4.88. The quantitative estimate of drug-likeness (QED) is 0.717. The Hall–Kier alpha value is -2.57. The van der Waals surface area contributed by atoms with Gasteiger partial charge in [-0.1, -0.05) is 35.3 Å². The fourth-order valence-electron chi connectivity index (χ4n) is 3.12. The first-order valence-electron chi connectivity index (χ1n) is 9.04. The van der Waals surface area contributed by atoms with Crippen molar-refractivity contribution in [2.75, 3.05) is 23.4 Å². The Bertz CT molecular complexity index is 977. The number of hydrogen-bond acceptors (Lipinski definition) is 4. The molecular weight excluding hydrogens is 415 g/mol. The number of carbonyl (C=O) groups excluding carboxylic acids is 3. The maximum absolute atomic E-state index is 12.4. The van der Waals surface area contributed by atoms with Crippen LogP contribution in [0.5, 0.6) is 0 Å². The molecule has 1 atom stereocenters. The highest BCUT2D eigenvalue weighted by molar-refractivity contribution is 6.35. The van der Waals surface area contributed by atoms with E-state index in [-0.39, 0.29) is 18.9 Å². The highest BCUT2D eigenvalue weighted by atomic mass is 35.5. The summed E-state index contributed by atoms with van der Waals surface area (Å²) in [6, 6.07) is 10.4. The molecule has 0 aromatic heterocycles. The minimum absolute atomic E-state index is 0.0136. The van der Waals surface area contributed by atoms with Gasteiger partial charge in [-0.05, 0) is 49.2 Å². The van der Waals surface area contributed by atoms with Crippen molar-refractivity contribution < 1.29 is 19.1 Å². The molecule has 2 aromatic carbocycles. The molecule has 29 heavy (non-hydrogen) atoms. The van der Waals surface area contributed by atoms with Crippen molar-refractivity contribution in [1.29, 1.82) is 0 Å². The maximum Gasteiger partial charge on any atom is 0.311 e. The highest BCUT2D eigenvalue weighted by Gasteiger charge is 2.37. The molecule has 1 N–H and O–H groups in total. The molecule has 0 unspecified atom stereocenters. The van der Waals surface area contributed by atoms with Gasteiger partial charge >= 0.3 is 5.97 Å². The van der Waals surface area contributed by atoms with Gasteiger partial charge in [0.15, 0.2) is 6.61 Å². The average Bonchev–Trinajstić information content (AvgIpc) is 3.07. The summed E-state index contributed by atoms with van der Waals surface area (Å²) in [5.74, 6) is -1.97. The summed E-state index contributed by atoms with van der Waals surface area (Å²) in [5.41, 5.74) is 3.11. The number of aryl methyl sites for hydroxylation is 1. The number of hydrogen-bond donors (Lipinski definition) is 1. The fraction of sp³-hybridized carbons (Fsp3) is 0.286. The van der Waals surface area contributed by atoms with Gasteiger partial charge < -0.3 is 15.0 Å². The predicted octanol–water partition coefficient (Wildman–Crippen LogP) is 4.15. The van der Waals surface area contributed by atoms with Crippen LogP contribution in [-0.2, 0) is 19.1 Å². The van der Waals surface area contributed by atoms with E-state index in [2.05, 4.69) is 5.32 Å². The van der Waals surface area contributed by atoms with Crippen LogP contribution < -0.4 is 10.2 Å². The van der Waals surface area contributed by atoms with Crippen molar-refractivity contribution in [3.05, 3.63) is 57.6 Å². The molecular formula is C21H20Cl2N2O4. The van der Waals surface area contributed by atoms with E-state index >= 15 is 0 Å². The number of halogens is 2. The molecule has 0 saturated carbocycles. The smallest absolute Gasteiger partial charge is 0.311 e. The Morgan fingerprint density at radius 2 is 1.97 bits per heavy atom. The number of nitrogens with zero attached hydrogens (tertiary/aromatic N) is 1. The van der Waals surface area contributed by atoms with E-state index in [0.29, 0.717) is 21.4 Å². The second-order valence-electron chi connectivity index (χ2n) is 6.90. The van der Waals surface area contributed by atoms with Gasteiger partial charge in [-0.25, -0.2) is 0 Å². The minimum Gasteiger partial charge on any atom is -0.455 e. The number of esters is 1. The van der Waals surface area contributed by atoms with Gasteiger partial charge in [0, 0.05) is 23.7 Å². The average molecular weight is 435 g/mol. The zero-order valence-electron chi connectivity index (χ0n) is 16.0. The van der Waals surface area contributed by atoms with Crippen LogP contribution in [0, 0.1) is 19.8 Å². The van der Waals surface area contributed by atoms with Crippen molar-refractivity contribution in [1.82, 2.24) is 0 Å². The van der Waals surface area contributed by atoms with Gasteiger partial charge in [-0.2, -0.15) is 0 Å². The third kappa shape index (κ3) is 4.89. The van der Waals surface area contributed by atoms with Gasteiger partial charge in [0.1, 0.15) is 0 Å². The molecule has 6 nitrogen and oxygen atoms in total. The Morgan fingerprint density at radius 3 is 2.72 bits per heavy atom. The van der Waals surface area contributed by atoms with E-state index < -0.39 is 24.4 Å². The second-order valence-corrected chi connectivity index (χ2v) is 7.75. The second kappa shape index (κ2) is 8.84. The van der Waals surface area contributed by atoms with Gasteiger partial charge in [0.05, 0.1) is 16.6 Å². The zero-order valence-corrected chi connectivity index (χ0v) is 17.5. The summed E-state index contributed by atoms with van der Waals surface area (Å²) in [6.45, 7) is 3.54. The molecule has 152 valence electrons. The number of ether oxygens (including phenoxy) is 1. The molecule has 1 fully saturated rings. The normalized spacial score (nSPS) is 16.1. The first-order chi connectivity index (χ1) is 13.8. The predicted molar refractivity (Wildman–Crippen MR) is 112 cm³/mol. The van der Waals surface area contributed by atoms with Gasteiger partial charge in [0.2, 0.25) is 5.91 Å². The van der Waals surface area contributed by atoms with Crippen LogP contribution in [0.4, 0.5) is 11.4 Å². The van der Waals surface area contributed by atoms with E-state index in [1.165, 1.54) is 4.90 Å². The van der Waals surface area contributed by atoms with Crippen LogP contribution >= 0.6 is 23.2 Å². The molecule has 3 rings (SSSR count). The zero-order chi connectivity index (χ0) is 21.1. The summed E-state index contributed by atoms with van der Waals surface area (Å²) in [4.78, 5) is 38.2. The lowest BCUT2D eigenvalue weighted by Crippen LogP contribution is -2.28. The number of anilines is 2.